The normalized spacial score (nSPS) is 13.1. The summed E-state index contributed by atoms with van der Waals surface area (Å²) in [6, 6.07) is 0. The van der Waals surface area contributed by atoms with Crippen LogP contribution in [0.4, 0.5) is 0 Å². The van der Waals surface area contributed by atoms with Crippen molar-refractivity contribution in [3.63, 3.8) is 0 Å². The molecule has 0 bridgehead atoms. The summed E-state index contributed by atoms with van der Waals surface area (Å²) < 4.78 is 0. The summed E-state index contributed by atoms with van der Waals surface area (Å²) in [6.07, 6.45) is 20.2. The van der Waals surface area contributed by atoms with Gasteiger partial charge in [-0.15, -0.1) is 0 Å². The fourth-order valence-electron chi connectivity index (χ4n) is 3.46. The van der Waals surface area contributed by atoms with E-state index in [0.29, 0.717) is 0 Å². The first-order chi connectivity index (χ1) is 9.79. The Morgan fingerprint density at radius 3 is 1.10 bits per heavy atom. The van der Waals surface area contributed by atoms with Crippen LogP contribution in [0.15, 0.2) is 0 Å². The summed E-state index contributed by atoms with van der Waals surface area (Å²) >= 11 is 0. The van der Waals surface area contributed by atoms with Gasteiger partial charge < -0.3 is 0 Å². The molecule has 0 fully saturated rings. The lowest BCUT2D eigenvalue weighted by atomic mass is 9.78. The summed E-state index contributed by atoms with van der Waals surface area (Å²) in [7, 11) is 0. The second-order valence-electron chi connectivity index (χ2n) is 6.80. The lowest BCUT2D eigenvalue weighted by Crippen LogP contribution is -2.15. The lowest BCUT2D eigenvalue weighted by molar-refractivity contribution is 0.241. The van der Waals surface area contributed by atoms with E-state index in [-0.39, 0.29) is 0 Å². The Hall–Kier alpha value is 0. The molecule has 0 amide bonds. The van der Waals surface area contributed by atoms with Crippen LogP contribution >= 0.6 is 0 Å². The first-order valence-corrected chi connectivity index (χ1v) is 9.79. The van der Waals surface area contributed by atoms with Crippen LogP contribution in [0.2, 0.25) is 0 Å². The zero-order valence-electron chi connectivity index (χ0n) is 15.1. The predicted octanol–water partition coefficient (Wildman–Crippen LogP) is 7.76. The maximum Gasteiger partial charge on any atom is -0.0386 e. The van der Waals surface area contributed by atoms with Gasteiger partial charge >= 0.3 is 0 Å². The molecule has 0 aliphatic heterocycles. The van der Waals surface area contributed by atoms with Crippen molar-refractivity contribution in [1.82, 2.24) is 0 Å². The van der Waals surface area contributed by atoms with E-state index in [9.17, 15) is 0 Å². The van der Waals surface area contributed by atoms with Gasteiger partial charge in [-0.2, -0.15) is 0 Å². The molecule has 0 aromatic rings. The van der Waals surface area contributed by atoms with Gasteiger partial charge in [-0.3, -0.25) is 0 Å². The van der Waals surface area contributed by atoms with Gasteiger partial charge in [-0.1, -0.05) is 118 Å². The number of hydrogen-bond donors (Lipinski definition) is 0. The highest BCUT2D eigenvalue weighted by Crippen LogP contribution is 2.32. The van der Waals surface area contributed by atoms with Crippen molar-refractivity contribution in [3.05, 3.63) is 0 Å². The van der Waals surface area contributed by atoms with Gasteiger partial charge in [0, 0.05) is 0 Å². The van der Waals surface area contributed by atoms with Crippen molar-refractivity contribution in [2.45, 2.75) is 118 Å². The number of hydrogen-bond acceptors (Lipinski definition) is 0. The smallest absolute Gasteiger partial charge is 0.0386 e. The molecular weight excluding hydrogens is 240 g/mol. The van der Waals surface area contributed by atoms with Gasteiger partial charge in [-0.25, -0.2) is 0 Å². The molecule has 0 saturated heterocycles. The van der Waals surface area contributed by atoms with E-state index in [1.54, 1.807) is 0 Å². The molecule has 0 aliphatic carbocycles. The molecular formula is C20H42. The first kappa shape index (κ1) is 20.0. The summed E-state index contributed by atoms with van der Waals surface area (Å²) in [5.41, 5.74) is 0. The molecule has 1 atom stereocenters. The van der Waals surface area contributed by atoms with Crippen LogP contribution in [-0.4, -0.2) is 0 Å². The SMILES string of the molecule is CCCCCCC(CCCC)C(CCCC)CCCC. The Balaban J connectivity index is 4.28. The first-order valence-electron chi connectivity index (χ1n) is 9.79. The predicted molar refractivity (Wildman–Crippen MR) is 94.3 cm³/mol. The fraction of sp³-hybridized carbons (Fsp3) is 1.00. The molecule has 1 unspecified atom stereocenters. The Bertz CT molecular complexity index is 165. The van der Waals surface area contributed by atoms with E-state index >= 15 is 0 Å². The summed E-state index contributed by atoms with van der Waals surface area (Å²) in [5.74, 6) is 2.06. The van der Waals surface area contributed by atoms with Crippen LogP contribution in [0.3, 0.4) is 0 Å². The molecule has 0 saturated carbocycles. The van der Waals surface area contributed by atoms with Crippen molar-refractivity contribution in [1.29, 1.82) is 0 Å². The van der Waals surface area contributed by atoms with Gasteiger partial charge in [-0.05, 0) is 11.8 Å². The molecule has 0 heteroatoms. The lowest BCUT2D eigenvalue weighted by Gasteiger charge is -2.27. The van der Waals surface area contributed by atoms with Crippen molar-refractivity contribution >= 4 is 0 Å². The minimum atomic E-state index is 1.03. The van der Waals surface area contributed by atoms with Gasteiger partial charge in [0.25, 0.3) is 0 Å². The molecule has 0 spiro atoms. The van der Waals surface area contributed by atoms with E-state index in [1.807, 2.05) is 0 Å². The second-order valence-corrected chi connectivity index (χ2v) is 6.80. The van der Waals surface area contributed by atoms with Crippen molar-refractivity contribution < 1.29 is 0 Å². The highest BCUT2D eigenvalue weighted by Gasteiger charge is 2.19. The zero-order chi connectivity index (χ0) is 15.1. The summed E-state index contributed by atoms with van der Waals surface area (Å²) in [5, 5.41) is 0. The molecule has 20 heavy (non-hydrogen) atoms. The highest BCUT2D eigenvalue weighted by molar-refractivity contribution is 4.71. The minimum Gasteiger partial charge on any atom is -0.0654 e. The molecule has 0 aromatic carbocycles. The standard InChI is InChI=1S/C20H42/c1-5-9-13-14-18-20(17-12-8-4)19(15-10-6-2)16-11-7-3/h19-20H,5-18H2,1-4H3. The molecule has 0 nitrogen and oxygen atoms in total. The maximum absolute atomic E-state index is 2.35. The van der Waals surface area contributed by atoms with Crippen LogP contribution in [0, 0.1) is 11.8 Å². The van der Waals surface area contributed by atoms with Crippen molar-refractivity contribution in [2.75, 3.05) is 0 Å². The molecule has 122 valence electrons. The van der Waals surface area contributed by atoms with Gasteiger partial charge in [0.15, 0.2) is 0 Å². The zero-order valence-corrected chi connectivity index (χ0v) is 15.1. The summed E-state index contributed by atoms with van der Waals surface area (Å²) in [4.78, 5) is 0. The molecule has 0 N–H and O–H groups in total. The van der Waals surface area contributed by atoms with Crippen LogP contribution in [0.1, 0.15) is 118 Å². The quantitative estimate of drug-likeness (QED) is 0.269. The van der Waals surface area contributed by atoms with Crippen LogP contribution in [0.5, 0.6) is 0 Å². The highest BCUT2D eigenvalue weighted by atomic mass is 14.3. The van der Waals surface area contributed by atoms with E-state index in [4.69, 9.17) is 0 Å². The van der Waals surface area contributed by atoms with Crippen LogP contribution in [-0.2, 0) is 0 Å². The number of rotatable bonds is 15. The van der Waals surface area contributed by atoms with E-state index in [1.165, 1.54) is 89.9 Å². The third-order valence-corrected chi connectivity index (χ3v) is 4.88. The Morgan fingerprint density at radius 1 is 0.400 bits per heavy atom. The van der Waals surface area contributed by atoms with E-state index in [0.717, 1.165) is 11.8 Å². The average molecular weight is 283 g/mol. The molecule has 0 aliphatic rings. The van der Waals surface area contributed by atoms with E-state index < -0.39 is 0 Å². The van der Waals surface area contributed by atoms with Crippen molar-refractivity contribution in [3.8, 4) is 0 Å². The third-order valence-electron chi connectivity index (χ3n) is 4.88. The second kappa shape index (κ2) is 15.4. The average Bonchev–Trinajstić information content (AvgIpc) is 2.47. The molecule has 0 aromatic heterocycles. The topological polar surface area (TPSA) is 0 Å². The van der Waals surface area contributed by atoms with Crippen LogP contribution < -0.4 is 0 Å². The monoisotopic (exact) mass is 282 g/mol. The molecule has 0 rings (SSSR count). The van der Waals surface area contributed by atoms with Crippen molar-refractivity contribution in [2.24, 2.45) is 11.8 Å². The minimum absolute atomic E-state index is 1.03. The molecule has 0 heterocycles. The maximum atomic E-state index is 2.35. The Labute approximate surface area is 130 Å². The van der Waals surface area contributed by atoms with Crippen LogP contribution in [0.25, 0.3) is 0 Å². The third kappa shape index (κ3) is 10.7. The van der Waals surface area contributed by atoms with Gasteiger partial charge in [0.05, 0.1) is 0 Å². The fourth-order valence-corrected chi connectivity index (χ4v) is 3.46. The Morgan fingerprint density at radius 2 is 0.750 bits per heavy atom. The van der Waals surface area contributed by atoms with Gasteiger partial charge in [0.1, 0.15) is 0 Å². The Kier molecular flexibility index (Phi) is 15.4. The van der Waals surface area contributed by atoms with Gasteiger partial charge in [0.2, 0.25) is 0 Å². The summed E-state index contributed by atoms with van der Waals surface area (Å²) in [6.45, 7) is 9.36. The largest absolute Gasteiger partial charge is 0.0654 e. The van der Waals surface area contributed by atoms with E-state index in [2.05, 4.69) is 27.7 Å². The number of unbranched alkanes of at least 4 members (excludes halogenated alkanes) is 6. The molecule has 0 radical (unpaired) electrons.